The van der Waals surface area contributed by atoms with Crippen LogP contribution >= 0.6 is 0 Å². The number of aromatic hydroxyl groups is 1. The molecule has 0 aromatic carbocycles. The van der Waals surface area contributed by atoms with Crippen molar-refractivity contribution in [2.45, 2.75) is 18.9 Å². The Kier molecular flexibility index (Phi) is 5.48. The zero-order valence-electron chi connectivity index (χ0n) is 12.8. The molecule has 0 aliphatic rings. The number of hydrogen-bond donors (Lipinski definition) is 1. The van der Waals surface area contributed by atoms with Crippen LogP contribution < -0.4 is 5.43 Å². The average Bonchev–Trinajstić information content (AvgIpc) is 2.57. The standard InChI is InChI=1S/C16H17NO6/c1-21-9-11-6-13(18)15(20)16(23-11)12(7-14(19)22-2)10-4-3-5-17-8-10/h3-6,8,12,20H,7,9H2,1-2H3. The number of ether oxygens (including phenoxy) is 2. The van der Waals surface area contributed by atoms with Crippen LogP contribution in [0, 0.1) is 0 Å². The lowest BCUT2D eigenvalue weighted by molar-refractivity contribution is -0.140. The molecular weight excluding hydrogens is 302 g/mol. The molecule has 0 radical (unpaired) electrons. The number of pyridine rings is 1. The third-order valence-corrected chi connectivity index (χ3v) is 3.29. The SMILES string of the molecule is COCc1cc(=O)c(O)c(C(CC(=O)OC)c2cccnc2)o1. The number of rotatable bonds is 6. The van der Waals surface area contributed by atoms with Crippen molar-refractivity contribution in [3.63, 3.8) is 0 Å². The first-order chi connectivity index (χ1) is 11.1. The predicted octanol–water partition coefficient (Wildman–Crippen LogP) is 1.58. The topological polar surface area (TPSA) is 98.9 Å². The minimum absolute atomic E-state index is 0.0112. The summed E-state index contributed by atoms with van der Waals surface area (Å²) in [6.45, 7) is 0.0699. The van der Waals surface area contributed by atoms with E-state index in [4.69, 9.17) is 9.15 Å². The zero-order chi connectivity index (χ0) is 16.8. The van der Waals surface area contributed by atoms with Gasteiger partial charge >= 0.3 is 5.97 Å². The lowest BCUT2D eigenvalue weighted by atomic mass is 9.93. The fourth-order valence-electron chi connectivity index (χ4n) is 2.20. The Labute approximate surface area is 132 Å². The summed E-state index contributed by atoms with van der Waals surface area (Å²) in [5.74, 6) is -1.49. The van der Waals surface area contributed by atoms with Gasteiger partial charge in [-0.1, -0.05) is 6.07 Å². The van der Waals surface area contributed by atoms with Crippen LogP contribution in [-0.4, -0.2) is 30.3 Å². The van der Waals surface area contributed by atoms with Crippen LogP contribution in [0.5, 0.6) is 5.75 Å². The monoisotopic (exact) mass is 319 g/mol. The van der Waals surface area contributed by atoms with E-state index in [9.17, 15) is 14.7 Å². The van der Waals surface area contributed by atoms with E-state index < -0.39 is 23.1 Å². The second kappa shape index (κ2) is 7.55. The highest BCUT2D eigenvalue weighted by Crippen LogP contribution is 2.32. The second-order valence-electron chi connectivity index (χ2n) is 4.84. The highest BCUT2D eigenvalue weighted by molar-refractivity contribution is 5.71. The number of nitrogens with zero attached hydrogens (tertiary/aromatic N) is 1. The van der Waals surface area contributed by atoms with E-state index in [1.165, 1.54) is 20.4 Å². The number of carbonyl (C=O) groups is 1. The molecule has 0 amide bonds. The Morgan fingerprint density at radius 3 is 2.83 bits per heavy atom. The summed E-state index contributed by atoms with van der Waals surface area (Å²) >= 11 is 0. The molecule has 2 rings (SSSR count). The molecule has 0 spiro atoms. The highest BCUT2D eigenvalue weighted by Gasteiger charge is 2.26. The van der Waals surface area contributed by atoms with Crippen molar-refractivity contribution < 1.29 is 23.8 Å². The van der Waals surface area contributed by atoms with Crippen LogP contribution in [0.2, 0.25) is 0 Å². The number of aromatic nitrogens is 1. The van der Waals surface area contributed by atoms with E-state index in [-0.39, 0.29) is 24.5 Å². The molecule has 2 heterocycles. The van der Waals surface area contributed by atoms with Crippen LogP contribution in [0.25, 0.3) is 0 Å². The Balaban J connectivity index is 2.54. The molecule has 1 N–H and O–H groups in total. The van der Waals surface area contributed by atoms with Gasteiger partial charge in [0.2, 0.25) is 11.2 Å². The van der Waals surface area contributed by atoms with Gasteiger partial charge in [0.1, 0.15) is 12.4 Å². The molecule has 7 nitrogen and oxygen atoms in total. The molecule has 1 atom stereocenters. The molecule has 122 valence electrons. The normalized spacial score (nSPS) is 11.9. The van der Waals surface area contributed by atoms with Gasteiger partial charge in [-0.15, -0.1) is 0 Å². The number of hydrogen-bond acceptors (Lipinski definition) is 7. The van der Waals surface area contributed by atoms with E-state index in [0.717, 1.165) is 6.07 Å². The molecule has 7 heteroatoms. The first-order valence-electron chi connectivity index (χ1n) is 6.88. The molecule has 23 heavy (non-hydrogen) atoms. The van der Waals surface area contributed by atoms with Crippen LogP contribution in [-0.2, 0) is 20.9 Å². The Hall–Kier alpha value is -2.67. The van der Waals surface area contributed by atoms with E-state index >= 15 is 0 Å². The van der Waals surface area contributed by atoms with E-state index in [1.54, 1.807) is 18.3 Å². The lowest BCUT2D eigenvalue weighted by Crippen LogP contribution is -2.14. The third kappa shape index (κ3) is 3.95. The maximum atomic E-state index is 11.9. The first-order valence-corrected chi connectivity index (χ1v) is 6.88. The van der Waals surface area contributed by atoms with E-state index in [0.29, 0.717) is 5.56 Å². The van der Waals surface area contributed by atoms with Gasteiger partial charge in [-0.05, 0) is 11.6 Å². The molecule has 0 saturated heterocycles. The molecule has 0 aliphatic heterocycles. The van der Waals surface area contributed by atoms with Crippen molar-refractivity contribution in [2.75, 3.05) is 14.2 Å². The minimum Gasteiger partial charge on any atom is -0.502 e. The van der Waals surface area contributed by atoms with Gasteiger partial charge in [0.25, 0.3) is 0 Å². The second-order valence-corrected chi connectivity index (χ2v) is 4.84. The van der Waals surface area contributed by atoms with Crippen LogP contribution in [0.15, 0.2) is 39.8 Å². The molecule has 0 aliphatic carbocycles. The first kappa shape index (κ1) is 16.7. The van der Waals surface area contributed by atoms with Gasteiger partial charge in [-0.2, -0.15) is 0 Å². The minimum atomic E-state index is -0.694. The molecule has 0 bridgehead atoms. The number of carbonyl (C=O) groups excluding carboxylic acids is 1. The fourth-order valence-corrected chi connectivity index (χ4v) is 2.20. The average molecular weight is 319 g/mol. The van der Waals surface area contributed by atoms with E-state index in [2.05, 4.69) is 9.72 Å². The Bertz CT molecular complexity index is 725. The molecule has 2 aromatic rings. The molecule has 0 fully saturated rings. The third-order valence-electron chi connectivity index (χ3n) is 3.29. The van der Waals surface area contributed by atoms with Crippen LogP contribution in [0.4, 0.5) is 0 Å². The summed E-state index contributed by atoms with van der Waals surface area (Å²) < 4.78 is 15.2. The Morgan fingerprint density at radius 1 is 1.43 bits per heavy atom. The Morgan fingerprint density at radius 2 is 2.22 bits per heavy atom. The maximum Gasteiger partial charge on any atom is 0.306 e. The van der Waals surface area contributed by atoms with Crippen molar-refractivity contribution in [1.82, 2.24) is 4.98 Å². The summed E-state index contributed by atoms with van der Waals surface area (Å²) in [6.07, 6.45) is 3.02. The summed E-state index contributed by atoms with van der Waals surface area (Å²) in [5, 5.41) is 10.1. The number of esters is 1. The van der Waals surface area contributed by atoms with Gasteiger partial charge in [-0.25, -0.2) is 0 Å². The van der Waals surface area contributed by atoms with Crippen LogP contribution in [0.3, 0.4) is 0 Å². The summed E-state index contributed by atoms with van der Waals surface area (Å²) in [5.41, 5.74) is 0.0166. The summed E-state index contributed by atoms with van der Waals surface area (Å²) in [4.78, 5) is 27.6. The van der Waals surface area contributed by atoms with Gasteiger partial charge in [0.15, 0.2) is 5.76 Å². The van der Waals surface area contributed by atoms with Crippen molar-refractivity contribution in [1.29, 1.82) is 0 Å². The van der Waals surface area contributed by atoms with Crippen molar-refractivity contribution >= 4 is 5.97 Å². The maximum absolute atomic E-state index is 11.9. The molecule has 1 unspecified atom stereocenters. The van der Waals surface area contributed by atoms with Crippen molar-refractivity contribution in [2.24, 2.45) is 0 Å². The quantitative estimate of drug-likeness (QED) is 0.807. The fraction of sp³-hybridized carbons (Fsp3) is 0.312. The summed E-state index contributed by atoms with van der Waals surface area (Å²) in [6, 6.07) is 4.57. The van der Waals surface area contributed by atoms with Gasteiger partial charge in [0, 0.05) is 25.6 Å². The van der Waals surface area contributed by atoms with Crippen molar-refractivity contribution in [3.8, 4) is 5.75 Å². The lowest BCUT2D eigenvalue weighted by Gasteiger charge is -2.17. The van der Waals surface area contributed by atoms with E-state index in [1.807, 2.05) is 0 Å². The van der Waals surface area contributed by atoms with Gasteiger partial charge < -0.3 is 19.0 Å². The largest absolute Gasteiger partial charge is 0.502 e. The predicted molar refractivity (Wildman–Crippen MR) is 80.1 cm³/mol. The van der Waals surface area contributed by atoms with Crippen molar-refractivity contribution in [3.05, 3.63) is 57.9 Å². The molecule has 0 saturated carbocycles. The summed E-state index contributed by atoms with van der Waals surface area (Å²) in [7, 11) is 2.72. The number of methoxy groups -OCH3 is 2. The molecule has 2 aromatic heterocycles. The smallest absolute Gasteiger partial charge is 0.306 e. The zero-order valence-corrected chi connectivity index (χ0v) is 12.8. The van der Waals surface area contributed by atoms with Gasteiger partial charge in [0.05, 0.1) is 19.4 Å². The molecular formula is C16H17NO6. The van der Waals surface area contributed by atoms with Gasteiger partial charge in [-0.3, -0.25) is 14.6 Å². The highest BCUT2D eigenvalue weighted by atomic mass is 16.5. The van der Waals surface area contributed by atoms with Crippen LogP contribution in [0.1, 0.15) is 29.4 Å².